The molecule has 1 spiro atoms. The molecule has 166 valence electrons. The minimum Gasteiger partial charge on any atom is -0.497 e. The van der Waals surface area contributed by atoms with Crippen LogP contribution in [0, 0.1) is 17.9 Å². The summed E-state index contributed by atoms with van der Waals surface area (Å²) in [7, 11) is 3.70. The molecule has 2 aromatic rings. The highest BCUT2D eigenvalue weighted by Crippen LogP contribution is 2.44. The molecule has 0 amide bonds. The Labute approximate surface area is 195 Å². The maximum absolute atomic E-state index is 9.36. The van der Waals surface area contributed by atoms with Crippen LogP contribution in [0.3, 0.4) is 0 Å². The second-order valence-electron chi connectivity index (χ2n) is 8.50. The van der Waals surface area contributed by atoms with Crippen LogP contribution in [0.25, 0.3) is 10.9 Å². The number of anilines is 2. The van der Waals surface area contributed by atoms with Crippen molar-refractivity contribution in [3.63, 3.8) is 0 Å². The van der Waals surface area contributed by atoms with Crippen molar-refractivity contribution in [1.29, 1.82) is 5.26 Å². The first-order valence-electron chi connectivity index (χ1n) is 11.1. The SMILES string of the molecule is [C-]#[N+]C(C#N)=C1C=C(C=Cc2ccc(N(C)c3ccc(OC)cc3)cc2)OC2(CCCC2)C1. The number of hydrogen-bond donors (Lipinski definition) is 0. The number of methoxy groups -OCH3 is 1. The molecule has 0 unspecified atom stereocenters. The summed E-state index contributed by atoms with van der Waals surface area (Å²) in [6.45, 7) is 7.34. The van der Waals surface area contributed by atoms with E-state index in [-0.39, 0.29) is 11.3 Å². The summed E-state index contributed by atoms with van der Waals surface area (Å²) in [5.74, 6) is 1.55. The second-order valence-corrected chi connectivity index (χ2v) is 8.50. The Hall–Kier alpha value is -3.96. The Bertz CT molecular complexity index is 1150. The van der Waals surface area contributed by atoms with Gasteiger partial charge in [-0.1, -0.05) is 18.2 Å². The molecular formula is C28H27N3O2. The van der Waals surface area contributed by atoms with Gasteiger partial charge >= 0.3 is 0 Å². The molecule has 0 N–H and O–H groups in total. The van der Waals surface area contributed by atoms with Crippen molar-refractivity contribution < 1.29 is 9.47 Å². The van der Waals surface area contributed by atoms with Crippen LogP contribution in [0.4, 0.5) is 11.4 Å². The van der Waals surface area contributed by atoms with Gasteiger partial charge in [0.1, 0.15) is 17.1 Å². The Balaban J connectivity index is 1.52. The summed E-state index contributed by atoms with van der Waals surface area (Å²) >= 11 is 0. The molecule has 2 aliphatic rings. The molecule has 2 aromatic carbocycles. The van der Waals surface area contributed by atoms with Crippen molar-refractivity contribution in [2.24, 2.45) is 0 Å². The zero-order valence-electron chi connectivity index (χ0n) is 19.0. The van der Waals surface area contributed by atoms with Crippen molar-refractivity contribution in [3.05, 3.63) is 94.7 Å². The minimum atomic E-state index is -0.276. The van der Waals surface area contributed by atoms with Crippen molar-refractivity contribution in [2.75, 3.05) is 19.1 Å². The first-order valence-corrected chi connectivity index (χ1v) is 11.1. The van der Waals surface area contributed by atoms with Crippen molar-refractivity contribution in [3.8, 4) is 11.8 Å². The lowest BCUT2D eigenvalue weighted by Crippen LogP contribution is -2.31. The quantitative estimate of drug-likeness (QED) is 0.382. The highest BCUT2D eigenvalue weighted by Gasteiger charge is 2.39. The Morgan fingerprint density at radius 2 is 1.73 bits per heavy atom. The third kappa shape index (κ3) is 4.94. The van der Waals surface area contributed by atoms with E-state index in [1.165, 1.54) is 0 Å². The predicted molar refractivity (Wildman–Crippen MR) is 131 cm³/mol. The first-order chi connectivity index (χ1) is 16.1. The van der Waals surface area contributed by atoms with E-state index in [1.807, 2.05) is 55.6 Å². The fraction of sp³-hybridized carbons (Fsp3) is 0.286. The maximum atomic E-state index is 9.36. The van der Waals surface area contributed by atoms with Crippen LogP contribution in [0.5, 0.6) is 5.75 Å². The number of ether oxygens (including phenoxy) is 2. The van der Waals surface area contributed by atoms with Gasteiger partial charge in [0.2, 0.25) is 0 Å². The zero-order chi connectivity index (χ0) is 23.3. The van der Waals surface area contributed by atoms with Crippen LogP contribution in [-0.2, 0) is 4.74 Å². The third-order valence-corrected chi connectivity index (χ3v) is 6.38. The third-order valence-electron chi connectivity index (χ3n) is 6.38. The van der Waals surface area contributed by atoms with Gasteiger partial charge in [-0.3, -0.25) is 0 Å². The van der Waals surface area contributed by atoms with Crippen molar-refractivity contribution in [1.82, 2.24) is 0 Å². The van der Waals surface area contributed by atoms with Crippen LogP contribution >= 0.6 is 0 Å². The Morgan fingerprint density at radius 1 is 1.09 bits per heavy atom. The van der Waals surface area contributed by atoms with E-state index in [0.29, 0.717) is 12.2 Å². The second kappa shape index (κ2) is 9.67. The summed E-state index contributed by atoms with van der Waals surface area (Å²) < 4.78 is 11.6. The van der Waals surface area contributed by atoms with Crippen LogP contribution in [0.1, 0.15) is 37.7 Å². The van der Waals surface area contributed by atoms with Crippen molar-refractivity contribution >= 4 is 17.5 Å². The maximum Gasteiger partial charge on any atom is 0.265 e. The molecule has 0 bridgehead atoms. The Morgan fingerprint density at radius 3 is 2.30 bits per heavy atom. The highest BCUT2D eigenvalue weighted by atomic mass is 16.5. The van der Waals surface area contributed by atoms with Gasteiger partial charge in [0, 0.05) is 24.8 Å². The van der Waals surface area contributed by atoms with E-state index in [0.717, 1.165) is 53.9 Å². The predicted octanol–water partition coefficient (Wildman–Crippen LogP) is 6.79. The number of nitriles is 1. The molecule has 1 fully saturated rings. The summed E-state index contributed by atoms with van der Waals surface area (Å²) in [5, 5.41) is 9.36. The van der Waals surface area contributed by atoms with Crippen LogP contribution in [0.15, 0.2) is 77.7 Å². The molecule has 0 radical (unpaired) electrons. The van der Waals surface area contributed by atoms with Gasteiger partial charge in [-0.05, 0) is 85.4 Å². The van der Waals surface area contributed by atoms with Crippen LogP contribution < -0.4 is 9.64 Å². The molecule has 0 atom stereocenters. The fourth-order valence-corrected chi connectivity index (χ4v) is 4.53. The van der Waals surface area contributed by atoms with E-state index in [2.05, 4.69) is 34.0 Å². The number of benzene rings is 2. The number of allylic oxidation sites excluding steroid dienone is 3. The summed E-state index contributed by atoms with van der Waals surface area (Å²) in [5.41, 5.74) is 3.89. The van der Waals surface area contributed by atoms with Gasteiger partial charge in [-0.2, -0.15) is 0 Å². The first kappa shape index (κ1) is 22.2. The number of nitrogens with zero attached hydrogens (tertiary/aromatic N) is 3. The van der Waals surface area contributed by atoms with Gasteiger partial charge < -0.3 is 14.4 Å². The van der Waals surface area contributed by atoms with E-state index in [9.17, 15) is 5.26 Å². The lowest BCUT2D eigenvalue weighted by atomic mass is 9.88. The topological polar surface area (TPSA) is 49.9 Å². The average molecular weight is 438 g/mol. The number of hydrogen-bond acceptors (Lipinski definition) is 4. The monoisotopic (exact) mass is 437 g/mol. The molecule has 33 heavy (non-hydrogen) atoms. The molecule has 1 aliphatic carbocycles. The average Bonchev–Trinajstić information content (AvgIpc) is 3.30. The van der Waals surface area contributed by atoms with E-state index in [1.54, 1.807) is 7.11 Å². The van der Waals surface area contributed by atoms with Gasteiger partial charge in [-0.25, -0.2) is 10.1 Å². The van der Waals surface area contributed by atoms with E-state index < -0.39 is 0 Å². The molecule has 1 aliphatic heterocycles. The normalized spacial score (nSPS) is 18.2. The van der Waals surface area contributed by atoms with Crippen LogP contribution in [-0.4, -0.2) is 19.8 Å². The van der Waals surface area contributed by atoms with Gasteiger partial charge in [-0.15, -0.1) is 0 Å². The van der Waals surface area contributed by atoms with Gasteiger partial charge in [0.15, 0.2) is 0 Å². The van der Waals surface area contributed by atoms with E-state index in [4.69, 9.17) is 16.0 Å². The summed E-state index contributed by atoms with van der Waals surface area (Å²) in [4.78, 5) is 5.55. The highest BCUT2D eigenvalue weighted by molar-refractivity contribution is 5.65. The largest absolute Gasteiger partial charge is 0.497 e. The van der Waals surface area contributed by atoms with E-state index >= 15 is 0 Å². The molecule has 4 rings (SSSR count). The molecule has 1 saturated carbocycles. The smallest absolute Gasteiger partial charge is 0.265 e. The number of rotatable bonds is 5. The lowest BCUT2D eigenvalue weighted by Gasteiger charge is -2.35. The van der Waals surface area contributed by atoms with Crippen molar-refractivity contribution in [2.45, 2.75) is 37.7 Å². The molecule has 0 aromatic heterocycles. The standard InChI is InChI=1S/C28H27N3O2/c1-30-27(20-29)22-18-26(33-28(19-22)16-4-5-17-28)13-8-21-6-9-23(10-7-21)31(2)24-11-14-25(32-3)15-12-24/h6-15,18H,4-5,16-17,19H2,2-3H3. The zero-order valence-corrected chi connectivity index (χ0v) is 19.0. The molecule has 1 heterocycles. The van der Waals surface area contributed by atoms with Crippen LogP contribution in [0.2, 0.25) is 0 Å². The lowest BCUT2D eigenvalue weighted by molar-refractivity contribution is 0.00776. The molecule has 0 saturated heterocycles. The summed E-state index contributed by atoms with van der Waals surface area (Å²) in [6.07, 6.45) is 10.6. The minimum absolute atomic E-state index is 0.168. The fourth-order valence-electron chi connectivity index (χ4n) is 4.53. The molecule has 5 heteroatoms. The Kier molecular flexibility index (Phi) is 6.52. The molecule has 5 nitrogen and oxygen atoms in total. The molecular weight excluding hydrogens is 410 g/mol. The van der Waals surface area contributed by atoms with Gasteiger partial charge in [0.25, 0.3) is 5.70 Å². The van der Waals surface area contributed by atoms with Gasteiger partial charge in [0.05, 0.1) is 19.8 Å². The summed E-state index contributed by atoms with van der Waals surface area (Å²) in [6, 6.07) is 18.3.